The second-order valence-electron chi connectivity index (χ2n) is 2.14. The van der Waals surface area contributed by atoms with Crippen molar-refractivity contribution in [2.75, 3.05) is 14.1 Å². The Kier molecular flexibility index (Phi) is 1.24. The number of carbonyl (C=O) groups is 2. The van der Waals surface area contributed by atoms with Gasteiger partial charge in [-0.2, -0.15) is 0 Å². The van der Waals surface area contributed by atoms with Crippen molar-refractivity contribution < 1.29 is 9.59 Å². The minimum Gasteiger partial charge on any atom is -0.267 e. The number of hydrogen-bond donors (Lipinski definition) is 0. The van der Waals surface area contributed by atoms with Crippen LogP contribution in [0.2, 0.25) is 0 Å². The van der Waals surface area contributed by atoms with Gasteiger partial charge in [-0.15, -0.1) is 0 Å². The molecule has 0 N–H and O–H groups in total. The smallest absolute Gasteiger partial charge is 0.267 e. The van der Waals surface area contributed by atoms with Crippen LogP contribution in [0.1, 0.15) is 0 Å². The van der Waals surface area contributed by atoms with Crippen LogP contribution in [0.25, 0.3) is 0 Å². The van der Waals surface area contributed by atoms with Gasteiger partial charge >= 0.3 is 0 Å². The summed E-state index contributed by atoms with van der Waals surface area (Å²) in [7, 11) is 3.05. The van der Waals surface area contributed by atoms with Gasteiger partial charge in [-0.3, -0.25) is 19.6 Å². The maximum absolute atomic E-state index is 10.9. The monoisotopic (exact) mass is 140 g/mol. The lowest BCUT2D eigenvalue weighted by Crippen LogP contribution is -2.33. The first-order valence-electron chi connectivity index (χ1n) is 2.80. The second kappa shape index (κ2) is 1.83. The molecule has 1 aliphatic rings. The van der Waals surface area contributed by atoms with E-state index in [1.54, 1.807) is 0 Å². The highest BCUT2D eigenvalue weighted by Crippen LogP contribution is 2.12. The van der Waals surface area contributed by atoms with Gasteiger partial charge in [0.15, 0.2) is 0 Å². The van der Waals surface area contributed by atoms with Gasteiger partial charge in [-0.1, -0.05) is 6.58 Å². The molecule has 1 saturated heterocycles. The molecular formula is C6H8N2O2. The molecule has 4 heteroatoms. The summed E-state index contributed by atoms with van der Waals surface area (Å²) in [5.74, 6) is -0.653. The van der Waals surface area contributed by atoms with Crippen molar-refractivity contribution in [1.29, 1.82) is 0 Å². The van der Waals surface area contributed by atoms with Crippen LogP contribution >= 0.6 is 0 Å². The maximum atomic E-state index is 10.9. The first kappa shape index (κ1) is 6.80. The largest absolute Gasteiger partial charge is 0.277 e. The van der Waals surface area contributed by atoms with Crippen molar-refractivity contribution >= 4 is 11.8 Å². The molecule has 10 heavy (non-hydrogen) atoms. The summed E-state index contributed by atoms with van der Waals surface area (Å²) in [6, 6.07) is 0. The molecule has 0 saturated carbocycles. The molecule has 0 aromatic rings. The van der Waals surface area contributed by atoms with Crippen molar-refractivity contribution in [3.63, 3.8) is 0 Å². The maximum Gasteiger partial charge on any atom is 0.277 e. The molecule has 54 valence electrons. The van der Waals surface area contributed by atoms with Crippen LogP contribution in [-0.4, -0.2) is 35.9 Å². The first-order chi connectivity index (χ1) is 4.55. The molecule has 1 aliphatic heterocycles. The quantitative estimate of drug-likeness (QED) is 0.332. The molecule has 1 heterocycles. The van der Waals surface area contributed by atoms with Gasteiger partial charge in [-0.05, 0) is 0 Å². The van der Waals surface area contributed by atoms with Crippen LogP contribution in [-0.2, 0) is 9.59 Å². The number of carbonyl (C=O) groups excluding carboxylic acids is 2. The predicted octanol–water partition coefficient (Wildman–Crippen LogP) is -0.612. The van der Waals surface area contributed by atoms with Gasteiger partial charge in [0.05, 0.1) is 0 Å². The van der Waals surface area contributed by atoms with Crippen LogP contribution < -0.4 is 0 Å². The Morgan fingerprint density at radius 3 is 1.50 bits per heavy atom. The van der Waals surface area contributed by atoms with E-state index in [-0.39, 0.29) is 17.4 Å². The minimum atomic E-state index is -0.326. The fourth-order valence-corrected chi connectivity index (χ4v) is 0.755. The Morgan fingerprint density at radius 1 is 1.10 bits per heavy atom. The molecule has 0 spiro atoms. The molecule has 1 rings (SSSR count). The van der Waals surface area contributed by atoms with Crippen LogP contribution in [0, 0.1) is 0 Å². The van der Waals surface area contributed by atoms with E-state index in [0.717, 1.165) is 0 Å². The van der Waals surface area contributed by atoms with Gasteiger partial charge < -0.3 is 0 Å². The lowest BCUT2D eigenvalue weighted by Gasteiger charge is -2.16. The Bertz CT molecular complexity index is 200. The molecule has 0 aromatic heterocycles. The van der Waals surface area contributed by atoms with Crippen LogP contribution in [0.15, 0.2) is 12.2 Å². The third-order valence-electron chi connectivity index (χ3n) is 1.55. The van der Waals surface area contributed by atoms with E-state index in [4.69, 9.17) is 0 Å². The molecular weight excluding hydrogens is 132 g/mol. The Balaban J connectivity index is 3.00. The third kappa shape index (κ3) is 0.618. The number of nitrogens with zero attached hydrogens (tertiary/aromatic N) is 2. The molecule has 0 aromatic carbocycles. The Morgan fingerprint density at radius 2 is 1.40 bits per heavy atom. The topological polar surface area (TPSA) is 40.6 Å². The van der Waals surface area contributed by atoms with E-state index >= 15 is 0 Å². The van der Waals surface area contributed by atoms with Gasteiger partial charge in [0.1, 0.15) is 5.57 Å². The lowest BCUT2D eigenvalue weighted by atomic mass is 10.3. The zero-order valence-electron chi connectivity index (χ0n) is 5.92. The standard InChI is InChI=1S/C6H8N2O2/c1-4-5(9)7(2)8(3)6(4)10/h1H2,2-3H3. The van der Waals surface area contributed by atoms with Crippen LogP contribution in [0.3, 0.4) is 0 Å². The van der Waals surface area contributed by atoms with Crippen molar-refractivity contribution in [3.8, 4) is 0 Å². The summed E-state index contributed by atoms with van der Waals surface area (Å²) >= 11 is 0. The normalized spacial score (nSPS) is 19.2. The second-order valence-corrected chi connectivity index (χ2v) is 2.14. The fraction of sp³-hybridized carbons (Fsp3) is 0.333. The minimum absolute atomic E-state index is 0.0324. The predicted molar refractivity (Wildman–Crippen MR) is 34.7 cm³/mol. The van der Waals surface area contributed by atoms with E-state index in [2.05, 4.69) is 6.58 Å². The molecule has 0 unspecified atom stereocenters. The molecule has 0 radical (unpaired) electrons. The highest BCUT2D eigenvalue weighted by Gasteiger charge is 2.34. The molecule has 0 bridgehead atoms. The summed E-state index contributed by atoms with van der Waals surface area (Å²) in [4.78, 5) is 21.8. The van der Waals surface area contributed by atoms with Gasteiger partial charge in [-0.25, -0.2) is 0 Å². The molecule has 2 amide bonds. The molecule has 1 fully saturated rings. The summed E-state index contributed by atoms with van der Waals surface area (Å²) in [5, 5.41) is 2.45. The van der Waals surface area contributed by atoms with E-state index in [1.165, 1.54) is 24.1 Å². The SMILES string of the molecule is C=C1C(=O)N(C)N(C)C1=O. The van der Waals surface area contributed by atoms with Gasteiger partial charge in [0.25, 0.3) is 11.8 Å². The van der Waals surface area contributed by atoms with E-state index in [0.29, 0.717) is 0 Å². The lowest BCUT2D eigenvalue weighted by molar-refractivity contribution is -0.141. The number of hydrazine groups is 1. The molecule has 0 atom stereocenters. The first-order valence-corrected chi connectivity index (χ1v) is 2.80. The summed E-state index contributed by atoms with van der Waals surface area (Å²) in [6.45, 7) is 3.33. The Labute approximate surface area is 58.7 Å². The zero-order valence-corrected chi connectivity index (χ0v) is 5.92. The number of rotatable bonds is 0. The van der Waals surface area contributed by atoms with Crippen molar-refractivity contribution in [3.05, 3.63) is 12.2 Å². The highest BCUT2D eigenvalue weighted by molar-refractivity contribution is 6.21. The van der Waals surface area contributed by atoms with Crippen molar-refractivity contribution in [2.45, 2.75) is 0 Å². The summed E-state index contributed by atoms with van der Waals surface area (Å²) in [6.07, 6.45) is 0. The van der Waals surface area contributed by atoms with Crippen molar-refractivity contribution in [1.82, 2.24) is 10.0 Å². The summed E-state index contributed by atoms with van der Waals surface area (Å²) < 4.78 is 0. The average Bonchev–Trinajstić information content (AvgIpc) is 2.07. The van der Waals surface area contributed by atoms with Gasteiger partial charge in [0, 0.05) is 14.1 Å². The van der Waals surface area contributed by atoms with Gasteiger partial charge in [0.2, 0.25) is 0 Å². The fourth-order valence-electron chi connectivity index (χ4n) is 0.755. The Hall–Kier alpha value is -1.32. The van der Waals surface area contributed by atoms with E-state index in [9.17, 15) is 9.59 Å². The molecule has 0 aliphatic carbocycles. The summed E-state index contributed by atoms with van der Waals surface area (Å²) in [5.41, 5.74) is 0.0324. The van der Waals surface area contributed by atoms with Crippen molar-refractivity contribution in [2.24, 2.45) is 0 Å². The van der Waals surface area contributed by atoms with E-state index in [1.807, 2.05) is 0 Å². The highest BCUT2D eigenvalue weighted by atomic mass is 16.2. The number of likely N-dealkylation sites (N-methyl/N-ethyl adjacent to an activating group) is 2. The zero-order chi connectivity index (χ0) is 7.89. The van der Waals surface area contributed by atoms with Crippen LogP contribution in [0.5, 0.6) is 0 Å². The van der Waals surface area contributed by atoms with Crippen LogP contribution in [0.4, 0.5) is 0 Å². The van der Waals surface area contributed by atoms with E-state index < -0.39 is 0 Å². The molecule has 4 nitrogen and oxygen atoms in total. The number of amides is 2. The third-order valence-corrected chi connectivity index (χ3v) is 1.55. The number of hydrogen-bond acceptors (Lipinski definition) is 2. The average molecular weight is 140 g/mol.